The SMILES string of the molecule is COc1ccc(C2=NN(C(=O)COc3ccc(C(C)=O)cc3)[C@@H](c3ccco3)C2)cc1. The maximum absolute atomic E-state index is 13.0. The van der Waals surface area contributed by atoms with Crippen molar-refractivity contribution in [2.45, 2.75) is 19.4 Å². The molecule has 2 heterocycles. The minimum atomic E-state index is -0.344. The first-order valence-electron chi connectivity index (χ1n) is 9.86. The number of furan rings is 1. The zero-order chi connectivity index (χ0) is 21.8. The van der Waals surface area contributed by atoms with Gasteiger partial charge in [0.25, 0.3) is 5.91 Å². The largest absolute Gasteiger partial charge is 0.497 e. The minimum absolute atomic E-state index is 0.0265. The lowest BCUT2D eigenvalue weighted by Crippen LogP contribution is -2.31. The first kappa shape index (κ1) is 20.4. The maximum Gasteiger partial charge on any atom is 0.281 e. The van der Waals surface area contributed by atoms with Crippen molar-refractivity contribution in [3.8, 4) is 11.5 Å². The van der Waals surface area contributed by atoms with Crippen molar-refractivity contribution in [3.63, 3.8) is 0 Å². The second-order valence-corrected chi connectivity index (χ2v) is 7.12. The Hall–Kier alpha value is -3.87. The number of Topliss-reactive ketones (excluding diaryl/α,β-unsaturated/α-hetero) is 1. The Kier molecular flexibility index (Phi) is 5.84. The summed E-state index contributed by atoms with van der Waals surface area (Å²) in [6.45, 7) is 1.32. The summed E-state index contributed by atoms with van der Waals surface area (Å²) in [5.41, 5.74) is 2.28. The van der Waals surface area contributed by atoms with Gasteiger partial charge in [0.1, 0.15) is 23.3 Å². The van der Waals surface area contributed by atoms with E-state index in [1.807, 2.05) is 30.3 Å². The van der Waals surface area contributed by atoms with Crippen LogP contribution < -0.4 is 9.47 Å². The fraction of sp³-hybridized carbons (Fsp3) is 0.208. The summed E-state index contributed by atoms with van der Waals surface area (Å²) in [6, 6.07) is 17.5. The van der Waals surface area contributed by atoms with Gasteiger partial charge in [0.05, 0.1) is 19.1 Å². The average Bonchev–Trinajstić information content (AvgIpc) is 3.48. The van der Waals surface area contributed by atoms with E-state index in [9.17, 15) is 9.59 Å². The van der Waals surface area contributed by atoms with Gasteiger partial charge in [-0.2, -0.15) is 5.10 Å². The molecular formula is C24H22N2O5. The van der Waals surface area contributed by atoms with Gasteiger partial charge in [0, 0.05) is 12.0 Å². The zero-order valence-electron chi connectivity index (χ0n) is 17.3. The number of benzene rings is 2. The van der Waals surface area contributed by atoms with Crippen molar-refractivity contribution in [2.24, 2.45) is 5.10 Å². The van der Waals surface area contributed by atoms with Crippen molar-refractivity contribution in [1.29, 1.82) is 0 Å². The van der Waals surface area contributed by atoms with Crippen LogP contribution in [0.25, 0.3) is 0 Å². The van der Waals surface area contributed by atoms with Gasteiger partial charge in [-0.25, -0.2) is 5.01 Å². The van der Waals surface area contributed by atoms with E-state index in [0.29, 0.717) is 23.5 Å². The second kappa shape index (κ2) is 8.87. The number of nitrogens with zero attached hydrogens (tertiary/aromatic N) is 2. The molecule has 1 aromatic heterocycles. The van der Waals surface area contributed by atoms with Crippen molar-refractivity contribution >= 4 is 17.4 Å². The van der Waals surface area contributed by atoms with Gasteiger partial charge in [-0.05, 0) is 73.2 Å². The quantitative estimate of drug-likeness (QED) is 0.536. The molecule has 158 valence electrons. The van der Waals surface area contributed by atoms with Crippen LogP contribution in [0.4, 0.5) is 0 Å². The Balaban J connectivity index is 1.51. The van der Waals surface area contributed by atoms with E-state index in [2.05, 4.69) is 5.10 Å². The van der Waals surface area contributed by atoms with Gasteiger partial charge in [0.2, 0.25) is 0 Å². The van der Waals surface area contributed by atoms with Crippen LogP contribution in [0.3, 0.4) is 0 Å². The highest BCUT2D eigenvalue weighted by Gasteiger charge is 2.35. The molecule has 0 unspecified atom stereocenters. The van der Waals surface area contributed by atoms with Gasteiger partial charge < -0.3 is 13.9 Å². The fourth-order valence-electron chi connectivity index (χ4n) is 3.40. The van der Waals surface area contributed by atoms with E-state index in [1.165, 1.54) is 11.9 Å². The van der Waals surface area contributed by atoms with Gasteiger partial charge in [-0.3, -0.25) is 9.59 Å². The maximum atomic E-state index is 13.0. The fourth-order valence-corrected chi connectivity index (χ4v) is 3.40. The van der Waals surface area contributed by atoms with E-state index >= 15 is 0 Å². The van der Waals surface area contributed by atoms with E-state index in [-0.39, 0.29) is 24.3 Å². The van der Waals surface area contributed by atoms with Gasteiger partial charge in [-0.1, -0.05) is 0 Å². The number of rotatable bonds is 7. The van der Waals surface area contributed by atoms with Crippen LogP contribution in [0.2, 0.25) is 0 Å². The molecule has 3 aromatic rings. The number of ether oxygens (including phenoxy) is 2. The lowest BCUT2D eigenvalue weighted by atomic mass is 10.0. The Morgan fingerprint density at radius 1 is 1.06 bits per heavy atom. The summed E-state index contributed by atoms with van der Waals surface area (Å²) in [5.74, 6) is 1.60. The van der Waals surface area contributed by atoms with Crippen molar-refractivity contribution in [3.05, 3.63) is 83.8 Å². The van der Waals surface area contributed by atoms with E-state index in [1.54, 1.807) is 43.7 Å². The van der Waals surface area contributed by atoms with Crippen LogP contribution in [-0.2, 0) is 4.79 Å². The highest BCUT2D eigenvalue weighted by Crippen LogP contribution is 2.33. The summed E-state index contributed by atoms with van der Waals surface area (Å²) in [5, 5.41) is 5.99. The number of hydrogen-bond donors (Lipinski definition) is 0. The first-order valence-corrected chi connectivity index (χ1v) is 9.86. The summed E-state index contributed by atoms with van der Waals surface area (Å²) >= 11 is 0. The third-order valence-corrected chi connectivity index (χ3v) is 5.08. The molecule has 2 aromatic carbocycles. The van der Waals surface area contributed by atoms with Crippen LogP contribution in [-0.4, -0.2) is 36.1 Å². The van der Waals surface area contributed by atoms with E-state index in [4.69, 9.17) is 13.9 Å². The van der Waals surface area contributed by atoms with Crippen molar-refractivity contribution in [1.82, 2.24) is 5.01 Å². The molecule has 0 radical (unpaired) electrons. The molecule has 0 bridgehead atoms. The van der Waals surface area contributed by atoms with Gasteiger partial charge in [0.15, 0.2) is 12.4 Å². The molecule has 0 spiro atoms. The zero-order valence-corrected chi connectivity index (χ0v) is 17.3. The van der Waals surface area contributed by atoms with Gasteiger partial charge >= 0.3 is 0 Å². The lowest BCUT2D eigenvalue weighted by Gasteiger charge is -2.20. The molecule has 7 nitrogen and oxygen atoms in total. The summed E-state index contributed by atoms with van der Waals surface area (Å²) < 4.78 is 16.4. The molecule has 0 saturated carbocycles. The lowest BCUT2D eigenvalue weighted by molar-refractivity contribution is -0.135. The first-order chi connectivity index (χ1) is 15.0. The van der Waals surface area contributed by atoms with Crippen molar-refractivity contribution < 1.29 is 23.5 Å². The summed E-state index contributed by atoms with van der Waals surface area (Å²) in [7, 11) is 1.61. The Morgan fingerprint density at radius 3 is 2.39 bits per heavy atom. The molecular weight excluding hydrogens is 396 g/mol. The van der Waals surface area contributed by atoms with E-state index in [0.717, 1.165) is 17.0 Å². The van der Waals surface area contributed by atoms with Gasteiger partial charge in [-0.15, -0.1) is 0 Å². The number of hydrazone groups is 1. The highest BCUT2D eigenvalue weighted by molar-refractivity contribution is 6.03. The average molecular weight is 418 g/mol. The summed E-state index contributed by atoms with van der Waals surface area (Å²) in [6.07, 6.45) is 2.11. The molecule has 0 fully saturated rings. The molecule has 1 aliphatic rings. The monoisotopic (exact) mass is 418 g/mol. The Bertz CT molecular complexity index is 1090. The van der Waals surface area contributed by atoms with Crippen LogP contribution in [0.5, 0.6) is 11.5 Å². The van der Waals surface area contributed by atoms with Crippen LogP contribution in [0, 0.1) is 0 Å². The van der Waals surface area contributed by atoms with Crippen LogP contribution >= 0.6 is 0 Å². The standard InChI is InChI=1S/C24H22N2O5/c1-16(27)17-5-11-20(12-6-17)31-15-24(28)26-22(23-4-3-13-30-23)14-21(25-26)18-7-9-19(29-2)10-8-18/h3-13,22H,14-15H2,1-2H3/t22-/m1/s1. The smallest absolute Gasteiger partial charge is 0.281 e. The highest BCUT2D eigenvalue weighted by atomic mass is 16.5. The third-order valence-electron chi connectivity index (χ3n) is 5.08. The molecule has 0 aliphatic carbocycles. The Labute approximate surface area is 179 Å². The Morgan fingerprint density at radius 2 is 1.77 bits per heavy atom. The number of methoxy groups -OCH3 is 1. The van der Waals surface area contributed by atoms with Crippen LogP contribution in [0.1, 0.15) is 41.1 Å². The number of hydrogen-bond acceptors (Lipinski definition) is 6. The minimum Gasteiger partial charge on any atom is -0.497 e. The molecule has 7 heteroatoms. The number of carbonyl (C=O) groups excluding carboxylic acids is 2. The van der Waals surface area contributed by atoms with Crippen LogP contribution in [0.15, 0.2) is 76.4 Å². The predicted octanol–water partition coefficient (Wildman–Crippen LogP) is 4.25. The molecule has 4 rings (SSSR count). The molecule has 31 heavy (non-hydrogen) atoms. The molecule has 1 amide bonds. The number of ketones is 1. The molecule has 0 N–H and O–H groups in total. The third kappa shape index (κ3) is 4.50. The topological polar surface area (TPSA) is 81.3 Å². The molecule has 1 atom stereocenters. The molecule has 0 saturated heterocycles. The normalized spacial score (nSPS) is 15.5. The number of carbonyl (C=O) groups is 2. The second-order valence-electron chi connectivity index (χ2n) is 7.12. The van der Waals surface area contributed by atoms with E-state index < -0.39 is 0 Å². The molecule has 1 aliphatic heterocycles. The van der Waals surface area contributed by atoms with Crippen molar-refractivity contribution in [2.75, 3.05) is 13.7 Å². The predicted molar refractivity (Wildman–Crippen MR) is 114 cm³/mol. The number of amides is 1. The summed E-state index contributed by atoms with van der Waals surface area (Å²) in [4.78, 5) is 24.4.